The van der Waals surface area contributed by atoms with Crippen molar-refractivity contribution in [2.45, 2.75) is 82.8 Å². The first-order valence-electron chi connectivity index (χ1n) is 15.3. The predicted octanol–water partition coefficient (Wildman–Crippen LogP) is 3.57. The Balaban J connectivity index is 1.33. The Kier molecular flexibility index (Phi) is 8.85. The van der Waals surface area contributed by atoms with Gasteiger partial charge in [0.15, 0.2) is 0 Å². The van der Waals surface area contributed by atoms with Crippen LogP contribution in [0.15, 0.2) is 48.5 Å². The maximum atomic E-state index is 13.7. The Hall–Kier alpha value is -3.88. The molecule has 2 fully saturated rings. The number of carbonyl (C=O) groups is 4. The summed E-state index contributed by atoms with van der Waals surface area (Å²) >= 11 is 0. The molecule has 3 aliphatic rings. The molecule has 2 aromatic carbocycles. The van der Waals surface area contributed by atoms with Crippen LogP contribution in [0.25, 0.3) is 0 Å². The van der Waals surface area contributed by atoms with E-state index in [-0.39, 0.29) is 48.1 Å². The van der Waals surface area contributed by atoms with Crippen LogP contribution in [-0.4, -0.2) is 59.9 Å². The number of fused-ring (bicyclic) bond motifs is 1. The highest BCUT2D eigenvalue weighted by Crippen LogP contribution is 2.38. The Bertz CT molecular complexity index is 1320. The molecular formula is C33H43N5O4. The maximum Gasteiger partial charge on any atom is 0.318 e. The topological polar surface area (TPSA) is 120 Å². The summed E-state index contributed by atoms with van der Waals surface area (Å²) in [4.78, 5) is 54.7. The van der Waals surface area contributed by atoms with Gasteiger partial charge in [0.1, 0.15) is 11.6 Å². The number of carbonyl (C=O) groups excluding carboxylic acids is 4. The number of anilines is 1. The van der Waals surface area contributed by atoms with Crippen molar-refractivity contribution in [2.24, 2.45) is 11.8 Å². The first-order valence-corrected chi connectivity index (χ1v) is 15.3. The number of urea groups is 1. The lowest BCUT2D eigenvalue weighted by atomic mass is 9.83. The third-order valence-corrected chi connectivity index (χ3v) is 9.27. The molecule has 42 heavy (non-hydrogen) atoms. The van der Waals surface area contributed by atoms with E-state index in [9.17, 15) is 19.2 Å². The van der Waals surface area contributed by atoms with Crippen LogP contribution in [0.2, 0.25) is 0 Å². The lowest BCUT2D eigenvalue weighted by Crippen LogP contribution is -2.60. The summed E-state index contributed by atoms with van der Waals surface area (Å²) in [6.07, 6.45) is 6.04. The molecule has 1 saturated heterocycles. The molecule has 0 radical (unpaired) electrons. The quantitative estimate of drug-likeness (QED) is 0.367. The Morgan fingerprint density at radius 1 is 1.00 bits per heavy atom. The average Bonchev–Trinajstić information content (AvgIpc) is 3.57. The van der Waals surface area contributed by atoms with E-state index in [1.54, 1.807) is 11.9 Å². The Labute approximate surface area is 248 Å². The van der Waals surface area contributed by atoms with Gasteiger partial charge in [0, 0.05) is 32.1 Å². The monoisotopic (exact) mass is 573 g/mol. The van der Waals surface area contributed by atoms with Crippen molar-refractivity contribution in [3.05, 3.63) is 65.2 Å². The third kappa shape index (κ3) is 6.15. The fourth-order valence-corrected chi connectivity index (χ4v) is 6.84. The van der Waals surface area contributed by atoms with Crippen molar-refractivity contribution < 1.29 is 19.2 Å². The summed E-state index contributed by atoms with van der Waals surface area (Å²) < 4.78 is 0. The molecule has 9 nitrogen and oxygen atoms in total. The average molecular weight is 574 g/mol. The SMILES string of the molecule is CNC(=O)C1(N2C[C@@H](C(C)C)NC2=O)Cc2ccc(NC(=O)[C@@H](NC(=O)Cc3ccccc3)C3CCCCC3)cc2C1. The van der Waals surface area contributed by atoms with E-state index in [4.69, 9.17) is 0 Å². The van der Waals surface area contributed by atoms with Crippen LogP contribution in [0.1, 0.15) is 62.6 Å². The fourth-order valence-electron chi connectivity index (χ4n) is 6.84. The van der Waals surface area contributed by atoms with Gasteiger partial charge in [-0.05, 0) is 53.5 Å². The smallest absolute Gasteiger partial charge is 0.318 e. The van der Waals surface area contributed by atoms with E-state index in [2.05, 4.69) is 35.1 Å². The van der Waals surface area contributed by atoms with E-state index in [1.807, 2.05) is 48.5 Å². The van der Waals surface area contributed by atoms with Crippen LogP contribution in [0, 0.1) is 11.8 Å². The van der Waals surface area contributed by atoms with Gasteiger partial charge in [-0.25, -0.2) is 4.79 Å². The molecule has 0 bridgehead atoms. The number of likely N-dealkylation sites (N-methyl/N-ethyl adjacent to an activating group) is 1. The molecule has 1 heterocycles. The second-order valence-electron chi connectivity index (χ2n) is 12.5. The molecule has 2 aliphatic carbocycles. The van der Waals surface area contributed by atoms with Crippen LogP contribution in [-0.2, 0) is 33.6 Å². The highest BCUT2D eigenvalue weighted by Gasteiger charge is 2.53. The predicted molar refractivity (Wildman–Crippen MR) is 162 cm³/mol. The zero-order valence-corrected chi connectivity index (χ0v) is 24.9. The van der Waals surface area contributed by atoms with Crippen LogP contribution in [0.4, 0.5) is 10.5 Å². The highest BCUT2D eigenvalue weighted by molar-refractivity contribution is 5.98. The minimum atomic E-state index is -1.02. The highest BCUT2D eigenvalue weighted by atomic mass is 16.2. The van der Waals surface area contributed by atoms with Crippen LogP contribution in [0.3, 0.4) is 0 Å². The second kappa shape index (κ2) is 12.5. The van der Waals surface area contributed by atoms with Gasteiger partial charge in [0.2, 0.25) is 17.7 Å². The number of hydrogen-bond donors (Lipinski definition) is 4. The van der Waals surface area contributed by atoms with Crippen LogP contribution in [0.5, 0.6) is 0 Å². The summed E-state index contributed by atoms with van der Waals surface area (Å²) in [5, 5.41) is 11.9. The van der Waals surface area contributed by atoms with E-state index in [0.29, 0.717) is 25.1 Å². The molecule has 0 aromatic heterocycles. The molecule has 1 aliphatic heterocycles. The molecule has 224 valence electrons. The minimum absolute atomic E-state index is 0.0218. The lowest BCUT2D eigenvalue weighted by molar-refractivity contribution is -0.130. The van der Waals surface area contributed by atoms with Gasteiger partial charge < -0.3 is 26.2 Å². The number of benzene rings is 2. The van der Waals surface area contributed by atoms with Gasteiger partial charge >= 0.3 is 6.03 Å². The maximum absolute atomic E-state index is 13.7. The van der Waals surface area contributed by atoms with Gasteiger partial charge in [-0.3, -0.25) is 14.4 Å². The normalized spacial score (nSPS) is 22.8. The molecule has 5 amide bonds. The number of rotatable bonds is 9. The number of nitrogens with one attached hydrogen (secondary N) is 4. The molecule has 0 spiro atoms. The number of nitrogens with zero attached hydrogens (tertiary/aromatic N) is 1. The van der Waals surface area contributed by atoms with Crippen molar-refractivity contribution in [3.63, 3.8) is 0 Å². The van der Waals surface area contributed by atoms with Gasteiger partial charge in [0.25, 0.3) is 0 Å². The van der Waals surface area contributed by atoms with Crippen LogP contribution >= 0.6 is 0 Å². The van der Waals surface area contributed by atoms with Crippen molar-refractivity contribution in [3.8, 4) is 0 Å². The minimum Gasteiger partial charge on any atom is -0.357 e. The first-order chi connectivity index (χ1) is 20.2. The number of amides is 5. The Morgan fingerprint density at radius 3 is 2.38 bits per heavy atom. The van der Waals surface area contributed by atoms with Gasteiger partial charge in [-0.15, -0.1) is 0 Å². The second-order valence-corrected chi connectivity index (χ2v) is 12.5. The molecule has 1 saturated carbocycles. The fraction of sp³-hybridized carbons (Fsp3) is 0.515. The van der Waals surface area contributed by atoms with Crippen molar-refractivity contribution in [2.75, 3.05) is 18.9 Å². The van der Waals surface area contributed by atoms with Gasteiger partial charge in [-0.1, -0.05) is 69.5 Å². The van der Waals surface area contributed by atoms with Crippen molar-refractivity contribution in [1.82, 2.24) is 20.9 Å². The third-order valence-electron chi connectivity index (χ3n) is 9.27. The number of hydrogen-bond acceptors (Lipinski definition) is 4. The molecule has 3 atom stereocenters. The summed E-state index contributed by atoms with van der Waals surface area (Å²) in [6.45, 7) is 4.58. The molecule has 2 aromatic rings. The zero-order chi connectivity index (χ0) is 29.9. The molecule has 9 heteroatoms. The van der Waals surface area contributed by atoms with E-state index in [1.165, 1.54) is 0 Å². The van der Waals surface area contributed by atoms with Gasteiger partial charge in [-0.2, -0.15) is 0 Å². The summed E-state index contributed by atoms with van der Waals surface area (Å²) in [5.41, 5.74) is 2.42. The van der Waals surface area contributed by atoms with E-state index in [0.717, 1.165) is 48.8 Å². The molecule has 4 N–H and O–H groups in total. The molecule has 5 rings (SSSR count). The van der Waals surface area contributed by atoms with Crippen molar-refractivity contribution >= 4 is 29.4 Å². The lowest BCUT2D eigenvalue weighted by Gasteiger charge is -2.36. The van der Waals surface area contributed by atoms with E-state index < -0.39 is 11.6 Å². The van der Waals surface area contributed by atoms with Gasteiger partial charge in [0.05, 0.1) is 12.5 Å². The molecule has 1 unspecified atom stereocenters. The van der Waals surface area contributed by atoms with Crippen LogP contribution < -0.4 is 21.3 Å². The van der Waals surface area contributed by atoms with E-state index >= 15 is 0 Å². The molecular weight excluding hydrogens is 530 g/mol. The summed E-state index contributed by atoms with van der Waals surface area (Å²) in [5.74, 6) is -0.257. The largest absolute Gasteiger partial charge is 0.357 e. The Morgan fingerprint density at radius 2 is 1.71 bits per heavy atom. The standard InChI is InChI=1S/C33H43N5O4/c1-21(2)27-20-38(32(42)36-27)33(31(41)34-3)18-24-14-15-26(17-25(24)19-33)35-30(40)29(23-12-8-5-9-13-23)37-28(39)16-22-10-6-4-7-11-22/h4,6-7,10-11,14-15,17,21,23,27,29H,5,8-9,12-13,16,18-20H2,1-3H3,(H,34,41)(H,35,40)(H,36,42)(H,37,39)/t27-,29-,33?/m0/s1. The van der Waals surface area contributed by atoms with Crippen molar-refractivity contribution in [1.29, 1.82) is 0 Å². The zero-order valence-electron chi connectivity index (χ0n) is 24.9. The summed E-state index contributed by atoms with van der Waals surface area (Å²) in [6, 6.07) is 14.4. The first kappa shape index (κ1) is 29.6. The summed E-state index contributed by atoms with van der Waals surface area (Å²) in [7, 11) is 1.60.